The lowest BCUT2D eigenvalue weighted by Gasteiger charge is -2.33. The average Bonchev–Trinajstić information content (AvgIpc) is 3.32. The maximum Gasteiger partial charge on any atom is 0.240 e. The smallest absolute Gasteiger partial charge is 0.240 e. The molecule has 0 aromatic heterocycles. The molecule has 33 heavy (non-hydrogen) atoms. The standard InChI is InChI=1S/C26H18FN3O3/c27-17-10-6-11-18(13-17)29-25(32)20-21(26(29)33)23(24(31)15-7-2-1-3-8-15)30-22(20)19-12-5-4-9-16(19)14-28-30/h1-14,20-23H/t20-,21-,22+,23-/m0/s1. The monoisotopic (exact) mass is 439 g/mol. The van der Waals surface area contributed by atoms with Crippen molar-refractivity contribution >= 4 is 29.5 Å². The first-order valence-electron chi connectivity index (χ1n) is 10.7. The number of carbonyl (C=O) groups excluding carboxylic acids is 3. The van der Waals surface area contributed by atoms with Gasteiger partial charge in [0.25, 0.3) is 0 Å². The van der Waals surface area contributed by atoms with Crippen molar-refractivity contribution in [3.63, 3.8) is 0 Å². The third-order valence-corrected chi connectivity index (χ3v) is 6.69. The number of carbonyl (C=O) groups is 3. The van der Waals surface area contributed by atoms with Gasteiger partial charge in [-0.2, -0.15) is 5.10 Å². The summed E-state index contributed by atoms with van der Waals surface area (Å²) in [5.41, 5.74) is 2.30. The third-order valence-electron chi connectivity index (χ3n) is 6.69. The van der Waals surface area contributed by atoms with E-state index in [2.05, 4.69) is 5.10 Å². The first-order chi connectivity index (χ1) is 16.1. The van der Waals surface area contributed by atoms with Gasteiger partial charge in [0.1, 0.15) is 11.9 Å². The number of halogens is 1. The van der Waals surface area contributed by atoms with Gasteiger partial charge in [0.05, 0.1) is 29.8 Å². The lowest BCUT2D eigenvalue weighted by molar-refractivity contribution is -0.124. The average molecular weight is 439 g/mol. The number of nitrogens with zero attached hydrogens (tertiary/aromatic N) is 3. The van der Waals surface area contributed by atoms with E-state index in [9.17, 15) is 18.8 Å². The Morgan fingerprint density at radius 1 is 0.848 bits per heavy atom. The van der Waals surface area contributed by atoms with Gasteiger partial charge in [0, 0.05) is 5.56 Å². The van der Waals surface area contributed by atoms with E-state index >= 15 is 0 Å². The molecule has 0 N–H and O–H groups in total. The Morgan fingerprint density at radius 2 is 1.58 bits per heavy atom. The molecule has 2 amide bonds. The van der Waals surface area contributed by atoms with Crippen LogP contribution in [0.3, 0.4) is 0 Å². The second-order valence-electron chi connectivity index (χ2n) is 8.42. The normalized spacial score (nSPS) is 25.1. The summed E-state index contributed by atoms with van der Waals surface area (Å²) in [6.45, 7) is 0. The molecule has 6 rings (SSSR count). The molecule has 2 fully saturated rings. The van der Waals surface area contributed by atoms with Gasteiger partial charge in [0.2, 0.25) is 11.8 Å². The highest BCUT2D eigenvalue weighted by molar-refractivity contribution is 6.24. The van der Waals surface area contributed by atoms with Gasteiger partial charge >= 0.3 is 0 Å². The molecule has 0 spiro atoms. The summed E-state index contributed by atoms with van der Waals surface area (Å²) in [7, 11) is 0. The molecule has 3 aromatic carbocycles. The molecule has 6 nitrogen and oxygen atoms in total. The number of hydrogen-bond donors (Lipinski definition) is 0. The van der Waals surface area contributed by atoms with E-state index in [0.29, 0.717) is 5.56 Å². The van der Waals surface area contributed by atoms with Crippen molar-refractivity contribution in [3.8, 4) is 0 Å². The maximum atomic E-state index is 13.9. The zero-order valence-electron chi connectivity index (χ0n) is 17.3. The Morgan fingerprint density at radius 3 is 2.36 bits per heavy atom. The summed E-state index contributed by atoms with van der Waals surface area (Å²) < 4.78 is 13.9. The van der Waals surface area contributed by atoms with Crippen LogP contribution in [0.25, 0.3) is 0 Å². The highest BCUT2D eigenvalue weighted by Crippen LogP contribution is 2.53. The first-order valence-corrected chi connectivity index (χ1v) is 10.7. The molecule has 3 aromatic rings. The van der Waals surface area contributed by atoms with Crippen molar-refractivity contribution in [1.82, 2.24) is 5.01 Å². The summed E-state index contributed by atoms with van der Waals surface area (Å²) in [5.74, 6) is -3.50. The fourth-order valence-electron chi connectivity index (χ4n) is 5.31. The summed E-state index contributed by atoms with van der Waals surface area (Å²) >= 11 is 0. The predicted octanol–water partition coefficient (Wildman–Crippen LogP) is 3.59. The Hall–Kier alpha value is -4.13. The van der Waals surface area contributed by atoms with Gasteiger partial charge in [-0.25, -0.2) is 9.29 Å². The number of hydrazone groups is 1. The lowest BCUT2D eigenvalue weighted by atomic mass is 9.83. The van der Waals surface area contributed by atoms with Gasteiger partial charge in [-0.15, -0.1) is 0 Å². The highest BCUT2D eigenvalue weighted by atomic mass is 19.1. The van der Waals surface area contributed by atoms with Crippen molar-refractivity contribution in [2.75, 3.05) is 4.90 Å². The van der Waals surface area contributed by atoms with Crippen molar-refractivity contribution in [1.29, 1.82) is 0 Å². The van der Waals surface area contributed by atoms with E-state index in [-0.39, 0.29) is 11.5 Å². The molecule has 7 heteroatoms. The summed E-state index contributed by atoms with van der Waals surface area (Å²) in [5, 5.41) is 6.15. The van der Waals surface area contributed by atoms with E-state index in [1.54, 1.807) is 35.5 Å². The number of anilines is 1. The fraction of sp³-hybridized carbons (Fsp3) is 0.154. The van der Waals surface area contributed by atoms with Gasteiger partial charge in [0.15, 0.2) is 5.78 Å². The number of fused-ring (bicyclic) bond motifs is 5. The van der Waals surface area contributed by atoms with Crippen molar-refractivity contribution in [2.24, 2.45) is 16.9 Å². The van der Waals surface area contributed by atoms with Gasteiger partial charge in [-0.1, -0.05) is 60.7 Å². The number of Topliss-reactive ketones (excluding diaryl/α,β-unsaturated/α-hetero) is 1. The van der Waals surface area contributed by atoms with Crippen LogP contribution >= 0.6 is 0 Å². The molecule has 3 aliphatic rings. The SMILES string of the molecule is O=C(c1ccccc1)[C@@H]1[C@H]2C(=O)N(c3cccc(F)c3)C(=O)[C@@H]2[C@H]2c3ccccc3C=NN12. The molecule has 3 heterocycles. The second kappa shape index (κ2) is 7.20. The van der Waals surface area contributed by atoms with Gasteiger partial charge < -0.3 is 0 Å². The molecule has 0 bridgehead atoms. The van der Waals surface area contributed by atoms with Crippen LogP contribution in [0, 0.1) is 17.7 Å². The second-order valence-corrected chi connectivity index (χ2v) is 8.42. The molecule has 0 radical (unpaired) electrons. The molecule has 3 aliphatic heterocycles. The predicted molar refractivity (Wildman–Crippen MR) is 119 cm³/mol. The zero-order valence-corrected chi connectivity index (χ0v) is 17.3. The van der Waals surface area contributed by atoms with Crippen LogP contribution in [-0.2, 0) is 9.59 Å². The topological polar surface area (TPSA) is 70.0 Å². The number of hydrogen-bond acceptors (Lipinski definition) is 5. The van der Waals surface area contributed by atoms with Crippen LogP contribution in [0.15, 0.2) is 84.0 Å². The minimum Gasteiger partial charge on any atom is -0.292 e. The Balaban J connectivity index is 1.51. The van der Waals surface area contributed by atoms with Crippen LogP contribution < -0.4 is 4.90 Å². The number of amides is 2. The van der Waals surface area contributed by atoms with E-state index < -0.39 is 41.6 Å². The summed E-state index contributed by atoms with van der Waals surface area (Å²) in [6, 6.07) is 20.1. The Bertz CT molecular complexity index is 1340. The molecule has 162 valence electrons. The van der Waals surface area contributed by atoms with Crippen molar-refractivity contribution < 1.29 is 18.8 Å². The zero-order chi connectivity index (χ0) is 22.7. The van der Waals surface area contributed by atoms with Crippen molar-refractivity contribution in [3.05, 3.63) is 101 Å². The molecule has 0 aliphatic carbocycles. The van der Waals surface area contributed by atoms with E-state index in [1.165, 1.54) is 18.2 Å². The molecule has 2 saturated heterocycles. The fourth-order valence-corrected chi connectivity index (χ4v) is 5.31. The largest absolute Gasteiger partial charge is 0.292 e. The highest BCUT2D eigenvalue weighted by Gasteiger charge is 2.65. The third kappa shape index (κ3) is 2.78. The van der Waals surface area contributed by atoms with Crippen LogP contribution in [-0.4, -0.2) is 34.9 Å². The number of ketones is 1. The summed E-state index contributed by atoms with van der Waals surface area (Å²) in [4.78, 5) is 42.0. The molecule has 0 saturated carbocycles. The Kier molecular flexibility index (Phi) is 4.26. The molecular weight excluding hydrogens is 421 g/mol. The molecular formula is C26H18FN3O3. The minimum absolute atomic E-state index is 0.171. The Labute approximate surface area is 188 Å². The van der Waals surface area contributed by atoms with E-state index in [1.807, 2.05) is 30.3 Å². The summed E-state index contributed by atoms with van der Waals surface area (Å²) in [6.07, 6.45) is 1.66. The van der Waals surface area contributed by atoms with Crippen molar-refractivity contribution in [2.45, 2.75) is 12.1 Å². The van der Waals surface area contributed by atoms with E-state index in [0.717, 1.165) is 22.1 Å². The molecule has 0 unspecified atom stereocenters. The molecule has 4 atom stereocenters. The van der Waals surface area contributed by atoms with Crippen LogP contribution in [0.2, 0.25) is 0 Å². The van der Waals surface area contributed by atoms with Gasteiger partial charge in [-0.3, -0.25) is 19.4 Å². The number of rotatable bonds is 3. The van der Waals surface area contributed by atoms with Crippen LogP contribution in [0.1, 0.15) is 27.5 Å². The van der Waals surface area contributed by atoms with Crippen LogP contribution in [0.5, 0.6) is 0 Å². The maximum absolute atomic E-state index is 13.9. The quantitative estimate of drug-likeness (QED) is 0.462. The minimum atomic E-state index is -0.943. The number of benzene rings is 3. The lowest BCUT2D eigenvalue weighted by Crippen LogP contribution is -2.44. The van der Waals surface area contributed by atoms with Crippen LogP contribution in [0.4, 0.5) is 10.1 Å². The van der Waals surface area contributed by atoms with Gasteiger partial charge in [-0.05, 0) is 29.3 Å². The van der Waals surface area contributed by atoms with E-state index in [4.69, 9.17) is 0 Å². The first kappa shape index (κ1) is 19.5. The number of imide groups is 1.